The molecule has 0 bridgehead atoms. The summed E-state index contributed by atoms with van der Waals surface area (Å²) in [4.78, 5) is 10.7. The lowest BCUT2D eigenvalue weighted by Gasteiger charge is -2.08. The van der Waals surface area contributed by atoms with E-state index < -0.39 is 17.6 Å². The van der Waals surface area contributed by atoms with Crippen molar-refractivity contribution in [2.75, 3.05) is 0 Å². The average molecular weight is 285 g/mol. The van der Waals surface area contributed by atoms with Crippen molar-refractivity contribution >= 4 is 17.6 Å². The third-order valence-electron chi connectivity index (χ3n) is 2.54. The van der Waals surface area contributed by atoms with Gasteiger partial charge in [0.15, 0.2) is 11.6 Å². The minimum Gasteiger partial charge on any atom is -0.507 e. The van der Waals surface area contributed by atoms with Crippen LogP contribution in [-0.2, 0) is 0 Å². The third-order valence-corrected chi connectivity index (χ3v) is 2.86. The van der Waals surface area contributed by atoms with Crippen LogP contribution >= 0.6 is 11.6 Å². The molecule has 19 heavy (non-hydrogen) atoms. The Morgan fingerprint density at radius 2 is 1.68 bits per heavy atom. The number of carbonyl (C=O) groups is 1. The second-order valence-corrected chi connectivity index (χ2v) is 4.19. The Morgan fingerprint density at radius 1 is 1.05 bits per heavy atom. The Labute approximate surface area is 111 Å². The fourth-order valence-corrected chi connectivity index (χ4v) is 1.87. The summed E-state index contributed by atoms with van der Waals surface area (Å²) < 4.78 is 26.1. The minimum absolute atomic E-state index is 0.0787. The van der Waals surface area contributed by atoms with Gasteiger partial charge >= 0.3 is 5.97 Å². The second kappa shape index (κ2) is 4.85. The number of rotatable bonds is 2. The van der Waals surface area contributed by atoms with Crippen LogP contribution in [0, 0.1) is 11.6 Å². The topological polar surface area (TPSA) is 57.5 Å². The fraction of sp³-hybridized carbons (Fsp3) is 0. The van der Waals surface area contributed by atoms with Gasteiger partial charge in [-0.15, -0.1) is 0 Å². The third kappa shape index (κ3) is 2.51. The van der Waals surface area contributed by atoms with Crippen molar-refractivity contribution in [1.82, 2.24) is 0 Å². The van der Waals surface area contributed by atoms with E-state index in [-0.39, 0.29) is 27.5 Å². The molecule has 0 spiro atoms. The lowest BCUT2D eigenvalue weighted by molar-refractivity contribution is 0.0696. The zero-order valence-corrected chi connectivity index (χ0v) is 10.1. The number of hydrogen-bond donors (Lipinski definition) is 2. The molecule has 0 saturated heterocycles. The summed E-state index contributed by atoms with van der Waals surface area (Å²) in [5.74, 6) is -3.80. The van der Waals surface area contributed by atoms with E-state index in [1.54, 1.807) is 0 Å². The van der Waals surface area contributed by atoms with Crippen molar-refractivity contribution in [3.8, 4) is 16.9 Å². The summed E-state index contributed by atoms with van der Waals surface area (Å²) in [6.45, 7) is 0. The molecule has 2 aromatic rings. The van der Waals surface area contributed by atoms with Crippen molar-refractivity contribution in [2.45, 2.75) is 0 Å². The molecule has 0 aliphatic heterocycles. The van der Waals surface area contributed by atoms with E-state index in [1.807, 2.05) is 0 Å². The first-order chi connectivity index (χ1) is 8.90. The van der Waals surface area contributed by atoms with Gasteiger partial charge in [0.05, 0.1) is 10.6 Å². The van der Waals surface area contributed by atoms with Gasteiger partial charge in [0.25, 0.3) is 0 Å². The largest absolute Gasteiger partial charge is 0.507 e. The Kier molecular flexibility index (Phi) is 3.40. The molecule has 0 aromatic heterocycles. The number of halogens is 3. The molecule has 2 rings (SSSR count). The molecule has 0 saturated carbocycles. The van der Waals surface area contributed by atoms with Gasteiger partial charge in [-0.25, -0.2) is 13.6 Å². The van der Waals surface area contributed by atoms with Crippen molar-refractivity contribution in [2.24, 2.45) is 0 Å². The first kappa shape index (κ1) is 13.3. The number of hydrogen-bond acceptors (Lipinski definition) is 2. The normalized spacial score (nSPS) is 10.5. The molecular formula is C13H7ClF2O3. The maximum absolute atomic E-state index is 13.2. The number of carboxylic acid groups (broad SMARTS) is 1. The molecule has 3 nitrogen and oxygen atoms in total. The van der Waals surface area contributed by atoms with Crippen LogP contribution in [-0.4, -0.2) is 16.2 Å². The van der Waals surface area contributed by atoms with Gasteiger partial charge in [-0.05, 0) is 30.3 Å². The Morgan fingerprint density at radius 3 is 2.26 bits per heavy atom. The molecule has 2 N–H and O–H groups in total. The number of phenols is 1. The van der Waals surface area contributed by atoms with Gasteiger partial charge in [0, 0.05) is 11.1 Å². The molecule has 0 heterocycles. The molecule has 0 fully saturated rings. The Hall–Kier alpha value is -2.14. The van der Waals surface area contributed by atoms with E-state index >= 15 is 0 Å². The van der Waals surface area contributed by atoms with Crippen LogP contribution in [0.2, 0.25) is 5.02 Å². The lowest BCUT2D eigenvalue weighted by Crippen LogP contribution is -1.96. The van der Waals surface area contributed by atoms with Crippen LogP contribution in [0.1, 0.15) is 10.4 Å². The number of carboxylic acids is 1. The van der Waals surface area contributed by atoms with Crippen molar-refractivity contribution in [3.05, 3.63) is 52.6 Å². The van der Waals surface area contributed by atoms with E-state index in [4.69, 9.17) is 16.7 Å². The number of benzene rings is 2. The van der Waals surface area contributed by atoms with Gasteiger partial charge in [0.2, 0.25) is 0 Å². The van der Waals surface area contributed by atoms with Gasteiger partial charge in [-0.1, -0.05) is 11.6 Å². The lowest BCUT2D eigenvalue weighted by atomic mass is 10.0. The van der Waals surface area contributed by atoms with E-state index in [2.05, 4.69) is 0 Å². The molecule has 0 unspecified atom stereocenters. The van der Waals surface area contributed by atoms with Crippen LogP contribution < -0.4 is 0 Å². The molecule has 0 aliphatic rings. The van der Waals surface area contributed by atoms with Gasteiger partial charge < -0.3 is 10.2 Å². The van der Waals surface area contributed by atoms with Crippen molar-refractivity contribution < 1.29 is 23.8 Å². The molecule has 0 atom stereocenters. The Bertz CT molecular complexity index is 671. The van der Waals surface area contributed by atoms with Crippen molar-refractivity contribution in [1.29, 1.82) is 0 Å². The summed E-state index contributed by atoms with van der Waals surface area (Å²) in [5.41, 5.74) is 0.0730. The molecule has 0 aliphatic carbocycles. The smallest absolute Gasteiger partial charge is 0.335 e. The molecule has 6 heteroatoms. The summed E-state index contributed by atoms with van der Waals surface area (Å²) in [6, 6.07) is 5.14. The van der Waals surface area contributed by atoms with Crippen molar-refractivity contribution in [3.63, 3.8) is 0 Å². The van der Waals surface area contributed by atoms with Gasteiger partial charge in [-0.2, -0.15) is 0 Å². The molecule has 98 valence electrons. The van der Waals surface area contributed by atoms with Crippen LogP contribution in [0.3, 0.4) is 0 Å². The van der Waals surface area contributed by atoms with Gasteiger partial charge in [0.1, 0.15) is 5.75 Å². The molecule has 0 amide bonds. The second-order valence-electron chi connectivity index (χ2n) is 3.78. The maximum Gasteiger partial charge on any atom is 0.335 e. The summed E-state index contributed by atoms with van der Waals surface area (Å²) in [5, 5.41) is 18.4. The van der Waals surface area contributed by atoms with E-state index in [0.29, 0.717) is 0 Å². The zero-order valence-electron chi connectivity index (χ0n) is 9.32. The first-order valence-corrected chi connectivity index (χ1v) is 5.49. The predicted molar refractivity (Wildman–Crippen MR) is 65.4 cm³/mol. The highest BCUT2D eigenvalue weighted by atomic mass is 35.5. The monoisotopic (exact) mass is 284 g/mol. The number of phenolic OH excluding ortho intramolecular Hbond substituents is 1. The minimum atomic E-state index is -1.21. The van der Waals surface area contributed by atoms with Crippen LogP contribution in [0.5, 0.6) is 5.75 Å². The predicted octanol–water partition coefficient (Wildman–Crippen LogP) is 3.69. The fourth-order valence-electron chi connectivity index (χ4n) is 1.62. The Balaban J connectivity index is 2.59. The van der Waals surface area contributed by atoms with E-state index in [1.165, 1.54) is 12.1 Å². The highest BCUT2D eigenvalue weighted by Crippen LogP contribution is 2.36. The van der Waals surface area contributed by atoms with Crippen LogP contribution in [0.4, 0.5) is 8.78 Å². The number of aromatic hydroxyl groups is 1. The highest BCUT2D eigenvalue weighted by molar-refractivity contribution is 6.33. The summed E-state index contributed by atoms with van der Waals surface area (Å²) in [6.07, 6.45) is 0. The average Bonchev–Trinajstić information content (AvgIpc) is 2.34. The van der Waals surface area contributed by atoms with E-state index in [9.17, 15) is 18.7 Å². The maximum atomic E-state index is 13.2. The standard InChI is InChI=1S/C13H7ClF2O3/c14-9-5-11(16)10(15)4-8(9)7-2-1-6(13(18)19)3-12(7)17/h1-5,17H,(H,18,19). The van der Waals surface area contributed by atoms with Crippen LogP contribution in [0.15, 0.2) is 30.3 Å². The summed E-state index contributed by atoms with van der Waals surface area (Å²) >= 11 is 5.78. The first-order valence-electron chi connectivity index (χ1n) is 5.11. The molecule has 0 radical (unpaired) electrons. The SMILES string of the molecule is O=C(O)c1ccc(-c2cc(F)c(F)cc2Cl)c(O)c1. The molecule has 2 aromatic carbocycles. The van der Waals surface area contributed by atoms with E-state index in [0.717, 1.165) is 18.2 Å². The van der Waals surface area contributed by atoms with Crippen LogP contribution in [0.25, 0.3) is 11.1 Å². The summed E-state index contributed by atoms with van der Waals surface area (Å²) in [7, 11) is 0. The zero-order chi connectivity index (χ0) is 14.2. The quantitative estimate of drug-likeness (QED) is 0.827. The van der Waals surface area contributed by atoms with Gasteiger partial charge in [-0.3, -0.25) is 0 Å². The highest BCUT2D eigenvalue weighted by Gasteiger charge is 2.14. The number of aromatic carboxylic acids is 1. The molecular weight excluding hydrogens is 278 g/mol.